The van der Waals surface area contributed by atoms with Gasteiger partial charge in [0.2, 0.25) is 0 Å². The molecule has 0 amide bonds. The fourth-order valence-corrected chi connectivity index (χ4v) is 3.21. The first kappa shape index (κ1) is 12.1. The summed E-state index contributed by atoms with van der Waals surface area (Å²) in [6.07, 6.45) is 2.47. The average Bonchev–Trinajstić information content (AvgIpc) is 3.09. The Hall–Kier alpha value is -1.72. The number of nitrogens with zero attached hydrogens (tertiary/aromatic N) is 3. The van der Waals surface area contributed by atoms with Crippen LogP contribution in [0.2, 0.25) is 0 Å². The summed E-state index contributed by atoms with van der Waals surface area (Å²) in [7, 11) is 0. The molecule has 102 valence electrons. The highest BCUT2D eigenvalue weighted by Gasteiger charge is 2.29. The van der Waals surface area contributed by atoms with E-state index < -0.39 is 0 Å². The summed E-state index contributed by atoms with van der Waals surface area (Å²) in [5.41, 5.74) is 10.1. The zero-order valence-corrected chi connectivity index (χ0v) is 12.2. The Morgan fingerprint density at radius 3 is 2.85 bits per heavy atom. The van der Waals surface area contributed by atoms with Crippen LogP contribution < -0.4 is 5.73 Å². The van der Waals surface area contributed by atoms with Gasteiger partial charge in [0, 0.05) is 18.0 Å². The summed E-state index contributed by atoms with van der Waals surface area (Å²) in [5, 5.41) is 3.18. The Morgan fingerprint density at radius 1 is 1.35 bits per heavy atom. The molecule has 0 bridgehead atoms. The lowest BCUT2D eigenvalue weighted by molar-refractivity contribution is 0.772. The van der Waals surface area contributed by atoms with E-state index in [2.05, 4.69) is 33.1 Å². The number of rotatable bonds is 3. The van der Waals surface area contributed by atoms with Gasteiger partial charge in [0.05, 0.1) is 16.0 Å². The molecular formula is C15H16N4S. The maximum atomic E-state index is 5.73. The van der Waals surface area contributed by atoms with E-state index in [-0.39, 0.29) is 0 Å². The minimum Gasteiger partial charge on any atom is -0.326 e. The lowest BCUT2D eigenvalue weighted by atomic mass is 10.2. The van der Waals surface area contributed by atoms with Crippen molar-refractivity contribution in [2.75, 3.05) is 0 Å². The van der Waals surface area contributed by atoms with Gasteiger partial charge in [0.1, 0.15) is 5.69 Å². The Kier molecular flexibility index (Phi) is 2.65. The topological polar surface area (TPSA) is 56.7 Å². The first-order valence-corrected chi connectivity index (χ1v) is 7.77. The summed E-state index contributed by atoms with van der Waals surface area (Å²) in [4.78, 5) is 9.42. The van der Waals surface area contributed by atoms with E-state index in [1.165, 1.54) is 18.4 Å². The summed E-state index contributed by atoms with van der Waals surface area (Å²) in [5.74, 6) is 1.00. The molecule has 2 heterocycles. The molecule has 0 unspecified atom stereocenters. The van der Waals surface area contributed by atoms with Crippen molar-refractivity contribution in [1.82, 2.24) is 14.5 Å². The van der Waals surface area contributed by atoms with Gasteiger partial charge in [-0.05, 0) is 37.5 Å². The molecule has 0 radical (unpaired) electrons. The van der Waals surface area contributed by atoms with E-state index in [0.29, 0.717) is 12.6 Å². The predicted molar refractivity (Wildman–Crippen MR) is 81.7 cm³/mol. The Morgan fingerprint density at radius 2 is 2.20 bits per heavy atom. The van der Waals surface area contributed by atoms with Crippen molar-refractivity contribution in [2.24, 2.45) is 5.73 Å². The number of hydrogen-bond acceptors (Lipinski definition) is 4. The van der Waals surface area contributed by atoms with Gasteiger partial charge < -0.3 is 10.3 Å². The molecule has 0 saturated heterocycles. The third kappa shape index (κ3) is 1.85. The van der Waals surface area contributed by atoms with Crippen molar-refractivity contribution in [1.29, 1.82) is 0 Å². The van der Waals surface area contributed by atoms with Crippen LogP contribution in [-0.2, 0) is 6.54 Å². The molecule has 4 nitrogen and oxygen atoms in total. The van der Waals surface area contributed by atoms with E-state index in [4.69, 9.17) is 10.7 Å². The smallest absolute Gasteiger partial charge is 0.160 e. The Balaban J connectivity index is 1.96. The van der Waals surface area contributed by atoms with Gasteiger partial charge >= 0.3 is 0 Å². The van der Waals surface area contributed by atoms with Crippen LogP contribution in [-0.4, -0.2) is 14.5 Å². The maximum Gasteiger partial charge on any atom is 0.160 e. The first-order valence-electron chi connectivity index (χ1n) is 6.89. The minimum atomic E-state index is 0.553. The van der Waals surface area contributed by atoms with Gasteiger partial charge in [-0.25, -0.2) is 9.97 Å². The van der Waals surface area contributed by atoms with Crippen LogP contribution in [0.3, 0.4) is 0 Å². The fourth-order valence-electron chi connectivity index (χ4n) is 2.62. The van der Waals surface area contributed by atoms with Gasteiger partial charge in [0.25, 0.3) is 0 Å². The van der Waals surface area contributed by atoms with Crippen molar-refractivity contribution >= 4 is 22.4 Å². The molecule has 4 rings (SSSR count). The Bertz CT molecular complexity index is 782. The monoisotopic (exact) mass is 284 g/mol. The summed E-state index contributed by atoms with van der Waals surface area (Å²) >= 11 is 1.67. The number of hydrogen-bond donors (Lipinski definition) is 1. The van der Waals surface area contributed by atoms with Crippen molar-refractivity contribution in [3.63, 3.8) is 0 Å². The van der Waals surface area contributed by atoms with Crippen molar-refractivity contribution in [2.45, 2.75) is 32.4 Å². The van der Waals surface area contributed by atoms with Gasteiger partial charge in [-0.2, -0.15) is 0 Å². The molecule has 1 aromatic carbocycles. The maximum absolute atomic E-state index is 5.73. The molecule has 2 aromatic heterocycles. The van der Waals surface area contributed by atoms with Crippen LogP contribution in [0.5, 0.6) is 0 Å². The second kappa shape index (κ2) is 4.40. The molecular weight excluding hydrogens is 268 g/mol. The van der Waals surface area contributed by atoms with Gasteiger partial charge in [-0.3, -0.25) is 0 Å². The zero-order valence-electron chi connectivity index (χ0n) is 11.3. The molecule has 1 saturated carbocycles. The number of aryl methyl sites for hydroxylation is 1. The highest BCUT2D eigenvalue weighted by Crippen LogP contribution is 2.41. The van der Waals surface area contributed by atoms with Gasteiger partial charge in [0.15, 0.2) is 5.82 Å². The predicted octanol–water partition coefficient (Wildman–Crippen LogP) is 3.26. The van der Waals surface area contributed by atoms with Crippen LogP contribution in [0.25, 0.3) is 22.6 Å². The van der Waals surface area contributed by atoms with E-state index in [0.717, 1.165) is 27.6 Å². The molecule has 20 heavy (non-hydrogen) atoms. The minimum absolute atomic E-state index is 0.553. The van der Waals surface area contributed by atoms with Crippen LogP contribution in [0.4, 0.5) is 0 Å². The Labute approximate surface area is 121 Å². The number of fused-ring (bicyclic) bond motifs is 1. The van der Waals surface area contributed by atoms with Crippen molar-refractivity contribution in [3.8, 4) is 11.5 Å². The van der Waals surface area contributed by atoms with E-state index in [9.17, 15) is 0 Å². The van der Waals surface area contributed by atoms with Crippen LogP contribution >= 0.6 is 11.3 Å². The van der Waals surface area contributed by atoms with Crippen LogP contribution in [0.1, 0.15) is 29.5 Å². The molecule has 1 aliphatic rings. The molecule has 0 aliphatic heterocycles. The van der Waals surface area contributed by atoms with Crippen molar-refractivity contribution in [3.05, 3.63) is 34.2 Å². The molecule has 0 spiro atoms. The molecule has 1 aliphatic carbocycles. The van der Waals surface area contributed by atoms with Crippen LogP contribution in [0, 0.1) is 6.92 Å². The lowest BCUT2D eigenvalue weighted by Gasteiger charge is -2.05. The van der Waals surface area contributed by atoms with E-state index in [1.807, 2.05) is 6.92 Å². The number of nitrogens with two attached hydrogens (primary N) is 1. The molecule has 1 fully saturated rings. The first-order chi connectivity index (χ1) is 9.76. The highest BCUT2D eigenvalue weighted by molar-refractivity contribution is 7.09. The number of imidazole rings is 1. The second-order valence-electron chi connectivity index (χ2n) is 5.32. The largest absolute Gasteiger partial charge is 0.326 e. The average molecular weight is 284 g/mol. The number of aromatic nitrogens is 3. The van der Waals surface area contributed by atoms with Crippen molar-refractivity contribution < 1.29 is 0 Å². The highest BCUT2D eigenvalue weighted by atomic mass is 32.1. The molecule has 0 atom stereocenters. The second-order valence-corrected chi connectivity index (χ2v) is 6.38. The quantitative estimate of drug-likeness (QED) is 0.803. The third-order valence-electron chi connectivity index (χ3n) is 3.75. The fraction of sp³-hybridized carbons (Fsp3) is 0.333. The van der Waals surface area contributed by atoms with E-state index in [1.54, 1.807) is 11.3 Å². The van der Waals surface area contributed by atoms with Gasteiger partial charge in [-0.1, -0.05) is 6.07 Å². The molecule has 3 aromatic rings. The number of thiazole rings is 1. The van der Waals surface area contributed by atoms with Gasteiger partial charge in [-0.15, -0.1) is 11.3 Å². The zero-order chi connectivity index (χ0) is 13.7. The number of benzene rings is 1. The summed E-state index contributed by atoms with van der Waals surface area (Å²) in [6.45, 7) is 2.59. The van der Waals surface area contributed by atoms with Crippen LogP contribution in [0.15, 0.2) is 23.6 Å². The van der Waals surface area contributed by atoms with E-state index >= 15 is 0 Å². The summed E-state index contributed by atoms with van der Waals surface area (Å²) < 4.78 is 2.35. The normalized spacial score (nSPS) is 15.1. The molecule has 5 heteroatoms. The standard InChI is InChI=1S/C15H16N4S/c1-9-17-13(8-20-9)15-18-12-6-10(7-16)2-5-14(12)19(15)11-3-4-11/h2,5-6,8,11H,3-4,7,16H2,1H3. The third-order valence-corrected chi connectivity index (χ3v) is 4.52. The summed E-state index contributed by atoms with van der Waals surface area (Å²) in [6, 6.07) is 6.92. The molecule has 2 N–H and O–H groups in total. The lowest BCUT2D eigenvalue weighted by Crippen LogP contribution is -1.98. The SMILES string of the molecule is Cc1nc(-c2nc3cc(CN)ccc3n2C2CC2)cs1.